The first-order valence-electron chi connectivity index (χ1n) is 7.17. The third kappa shape index (κ3) is 4.73. The third-order valence-electron chi connectivity index (χ3n) is 3.42. The Morgan fingerprint density at radius 3 is 2.52 bits per heavy atom. The molecule has 1 saturated heterocycles. The highest BCUT2D eigenvalue weighted by Gasteiger charge is 2.27. The van der Waals surface area contributed by atoms with Crippen LogP contribution in [-0.4, -0.2) is 36.3 Å². The Kier molecular flexibility index (Phi) is 5.25. The van der Waals surface area contributed by atoms with E-state index in [9.17, 15) is 23.2 Å². The van der Waals surface area contributed by atoms with Crippen molar-refractivity contribution in [1.29, 1.82) is 0 Å². The Morgan fingerprint density at radius 1 is 1.30 bits per heavy atom. The minimum absolute atomic E-state index is 0.169. The summed E-state index contributed by atoms with van der Waals surface area (Å²) in [6.07, 6.45) is 0.240. The number of halogens is 2. The molecule has 0 spiro atoms. The van der Waals surface area contributed by atoms with Crippen molar-refractivity contribution in [1.82, 2.24) is 16.0 Å². The van der Waals surface area contributed by atoms with Crippen LogP contribution in [0.15, 0.2) is 18.2 Å². The number of hydrogen-bond donors (Lipinski definition) is 3. The lowest BCUT2D eigenvalue weighted by molar-refractivity contribution is -0.130. The van der Waals surface area contributed by atoms with Crippen molar-refractivity contribution in [3.05, 3.63) is 35.4 Å². The van der Waals surface area contributed by atoms with E-state index in [1.54, 1.807) is 0 Å². The van der Waals surface area contributed by atoms with Gasteiger partial charge in [0, 0.05) is 12.6 Å². The number of carbonyl (C=O) groups excluding carboxylic acids is 3. The molecule has 2 rings (SSSR count). The first-order chi connectivity index (χ1) is 10.8. The summed E-state index contributed by atoms with van der Waals surface area (Å²) in [4.78, 5) is 35.1. The van der Waals surface area contributed by atoms with E-state index in [4.69, 9.17) is 0 Å². The van der Waals surface area contributed by atoms with Crippen LogP contribution in [0.1, 0.15) is 18.9 Å². The van der Waals surface area contributed by atoms with Crippen LogP contribution >= 0.6 is 0 Å². The zero-order valence-electron chi connectivity index (χ0n) is 12.5. The zero-order chi connectivity index (χ0) is 17.0. The van der Waals surface area contributed by atoms with E-state index in [1.807, 2.05) is 0 Å². The minimum atomic E-state index is -0.866. The fourth-order valence-corrected chi connectivity index (χ4v) is 2.28. The van der Waals surface area contributed by atoms with E-state index in [2.05, 4.69) is 16.0 Å². The molecule has 1 aromatic carbocycles. The fraction of sp³-hybridized carbons (Fsp3) is 0.400. The Balaban J connectivity index is 1.86. The highest BCUT2D eigenvalue weighted by Crippen LogP contribution is 2.08. The van der Waals surface area contributed by atoms with Crippen LogP contribution in [0.2, 0.25) is 0 Å². The number of hydrogen-bond acceptors (Lipinski definition) is 3. The molecule has 1 heterocycles. The number of rotatable bonds is 5. The van der Waals surface area contributed by atoms with Crippen LogP contribution in [0.4, 0.5) is 8.78 Å². The van der Waals surface area contributed by atoms with Gasteiger partial charge in [0.15, 0.2) is 0 Å². The van der Waals surface area contributed by atoms with Gasteiger partial charge in [0.2, 0.25) is 17.7 Å². The van der Waals surface area contributed by atoms with Crippen molar-refractivity contribution in [3.63, 3.8) is 0 Å². The van der Waals surface area contributed by atoms with E-state index in [0.717, 1.165) is 12.1 Å². The number of carbonyl (C=O) groups is 3. The van der Waals surface area contributed by atoms with Crippen LogP contribution < -0.4 is 16.0 Å². The van der Waals surface area contributed by atoms with Crippen molar-refractivity contribution in [3.8, 4) is 0 Å². The summed E-state index contributed by atoms with van der Waals surface area (Å²) in [6, 6.07) is 1.35. The van der Waals surface area contributed by atoms with Crippen molar-refractivity contribution < 1.29 is 23.2 Å². The molecule has 1 fully saturated rings. The van der Waals surface area contributed by atoms with Gasteiger partial charge in [-0.2, -0.15) is 0 Å². The molecular formula is C15H17F2N3O3. The Morgan fingerprint density at radius 2 is 1.96 bits per heavy atom. The Bertz CT molecular complexity index is 616. The Labute approximate surface area is 131 Å². The summed E-state index contributed by atoms with van der Waals surface area (Å²) in [7, 11) is 0. The van der Waals surface area contributed by atoms with Crippen molar-refractivity contribution in [2.45, 2.75) is 31.8 Å². The predicted molar refractivity (Wildman–Crippen MR) is 77.2 cm³/mol. The summed E-state index contributed by atoms with van der Waals surface area (Å²) < 4.78 is 26.1. The molecule has 0 saturated carbocycles. The summed E-state index contributed by atoms with van der Waals surface area (Å²) in [6.45, 7) is 1.96. The van der Waals surface area contributed by atoms with Gasteiger partial charge in [-0.1, -0.05) is 0 Å². The lowest BCUT2D eigenvalue weighted by Gasteiger charge is -2.16. The molecule has 3 amide bonds. The maximum Gasteiger partial charge on any atom is 0.242 e. The second-order valence-electron chi connectivity index (χ2n) is 5.38. The average Bonchev–Trinajstić information content (AvgIpc) is 2.82. The van der Waals surface area contributed by atoms with Gasteiger partial charge in [-0.3, -0.25) is 14.4 Å². The molecule has 3 N–H and O–H groups in total. The molecule has 0 bridgehead atoms. The van der Waals surface area contributed by atoms with E-state index >= 15 is 0 Å². The van der Waals surface area contributed by atoms with E-state index in [0.29, 0.717) is 19.0 Å². The fourth-order valence-electron chi connectivity index (χ4n) is 2.28. The maximum atomic E-state index is 13.1. The molecule has 2 atom stereocenters. The zero-order valence-corrected chi connectivity index (χ0v) is 12.5. The maximum absolute atomic E-state index is 13.1. The molecule has 1 aromatic rings. The summed E-state index contributed by atoms with van der Waals surface area (Å²) >= 11 is 0. The average molecular weight is 325 g/mol. The molecule has 124 valence electrons. The van der Waals surface area contributed by atoms with Crippen molar-refractivity contribution >= 4 is 17.7 Å². The topological polar surface area (TPSA) is 87.3 Å². The molecular weight excluding hydrogens is 308 g/mol. The number of amides is 3. The monoisotopic (exact) mass is 325 g/mol. The van der Waals surface area contributed by atoms with Gasteiger partial charge in [-0.05, 0) is 31.0 Å². The van der Waals surface area contributed by atoms with Crippen molar-refractivity contribution in [2.24, 2.45) is 0 Å². The summed E-state index contributed by atoms with van der Waals surface area (Å²) in [5, 5.41) is 7.54. The van der Waals surface area contributed by atoms with E-state index < -0.39 is 35.5 Å². The van der Waals surface area contributed by atoms with Crippen LogP contribution in [0.25, 0.3) is 0 Å². The highest BCUT2D eigenvalue weighted by molar-refractivity contribution is 5.92. The van der Waals surface area contributed by atoms with Crippen LogP contribution in [0.3, 0.4) is 0 Å². The molecule has 8 heteroatoms. The smallest absolute Gasteiger partial charge is 0.242 e. The van der Waals surface area contributed by atoms with Gasteiger partial charge in [0.05, 0.1) is 6.42 Å². The van der Waals surface area contributed by atoms with Crippen molar-refractivity contribution in [2.75, 3.05) is 6.54 Å². The highest BCUT2D eigenvalue weighted by atomic mass is 19.1. The molecule has 0 radical (unpaired) electrons. The number of nitrogens with one attached hydrogen (secondary N) is 3. The quantitative estimate of drug-likeness (QED) is 0.713. The summed E-state index contributed by atoms with van der Waals surface area (Å²) in [5.74, 6) is -2.84. The summed E-state index contributed by atoms with van der Waals surface area (Å²) in [5.41, 5.74) is 0.169. The molecule has 1 aliphatic rings. The minimum Gasteiger partial charge on any atom is -0.354 e. The second kappa shape index (κ2) is 7.17. The number of benzene rings is 1. The predicted octanol–water partition coefficient (Wildman–Crippen LogP) is 0.0167. The first-order valence-corrected chi connectivity index (χ1v) is 7.17. The van der Waals surface area contributed by atoms with E-state index in [1.165, 1.54) is 6.92 Å². The van der Waals surface area contributed by atoms with Gasteiger partial charge in [0.1, 0.15) is 23.7 Å². The third-order valence-corrected chi connectivity index (χ3v) is 3.42. The molecule has 0 aromatic heterocycles. The second-order valence-corrected chi connectivity index (χ2v) is 5.38. The van der Waals surface area contributed by atoms with Crippen LogP contribution in [0.5, 0.6) is 0 Å². The largest absolute Gasteiger partial charge is 0.354 e. The lowest BCUT2D eigenvalue weighted by Crippen LogP contribution is -2.50. The van der Waals surface area contributed by atoms with Gasteiger partial charge in [-0.15, -0.1) is 0 Å². The normalized spacial score (nSPS) is 18.2. The SMILES string of the molecule is CC(NC(=O)Cc1cc(F)cc(F)c1)C(=O)NC1CCNC1=O. The van der Waals surface area contributed by atoms with Gasteiger partial charge < -0.3 is 16.0 Å². The van der Waals surface area contributed by atoms with E-state index in [-0.39, 0.29) is 17.9 Å². The molecule has 1 aliphatic heterocycles. The molecule has 0 aliphatic carbocycles. The standard InChI is InChI=1S/C15H17F2N3O3/c1-8(14(22)20-12-2-3-18-15(12)23)19-13(21)6-9-4-10(16)7-11(17)5-9/h4-5,7-8,12H,2-3,6H2,1H3,(H,18,23)(H,19,21)(H,20,22). The van der Waals surface area contributed by atoms with Crippen LogP contribution in [0, 0.1) is 11.6 Å². The lowest BCUT2D eigenvalue weighted by atomic mass is 10.1. The molecule has 2 unspecified atom stereocenters. The molecule has 23 heavy (non-hydrogen) atoms. The Hall–Kier alpha value is -2.51. The van der Waals surface area contributed by atoms with Gasteiger partial charge in [-0.25, -0.2) is 8.78 Å². The van der Waals surface area contributed by atoms with Crippen LogP contribution in [-0.2, 0) is 20.8 Å². The van der Waals surface area contributed by atoms with Gasteiger partial charge >= 0.3 is 0 Å². The molecule has 6 nitrogen and oxygen atoms in total. The first kappa shape index (κ1) is 16.9. The van der Waals surface area contributed by atoms with Gasteiger partial charge in [0.25, 0.3) is 0 Å².